The summed E-state index contributed by atoms with van der Waals surface area (Å²) < 4.78 is 0. The molecule has 1 aliphatic heterocycles. The second kappa shape index (κ2) is 6.57. The molecule has 1 heterocycles. The van der Waals surface area contributed by atoms with Gasteiger partial charge in [-0.05, 0) is 0 Å². The second-order valence-electron chi connectivity index (χ2n) is 4.03. The van der Waals surface area contributed by atoms with E-state index < -0.39 is 30.4 Å². The standard InChI is InChI=1S/C10H15N3O6/c14-7-1-3-13(4-2-11-7)10(19)12-6(9(17)18)5-8(15)16/h6H,1-5H2,(H,11,14)(H,12,19)(H,15,16)(H,17,18)/t6-/m0/s1. The van der Waals surface area contributed by atoms with Gasteiger partial charge in [-0.2, -0.15) is 0 Å². The van der Waals surface area contributed by atoms with E-state index in [9.17, 15) is 19.2 Å². The van der Waals surface area contributed by atoms with Gasteiger partial charge in [-0.1, -0.05) is 0 Å². The molecule has 0 saturated carbocycles. The van der Waals surface area contributed by atoms with Crippen LogP contribution in [0.5, 0.6) is 0 Å². The number of carboxylic acids is 2. The topological polar surface area (TPSA) is 136 Å². The van der Waals surface area contributed by atoms with E-state index >= 15 is 0 Å². The summed E-state index contributed by atoms with van der Waals surface area (Å²) in [6.45, 7) is 0.691. The first kappa shape index (κ1) is 14.7. The fourth-order valence-electron chi connectivity index (χ4n) is 1.59. The maximum Gasteiger partial charge on any atom is 0.326 e. The fraction of sp³-hybridized carbons (Fsp3) is 0.600. The Balaban J connectivity index is 2.58. The molecule has 1 fully saturated rings. The Kier molecular flexibility index (Phi) is 5.10. The van der Waals surface area contributed by atoms with E-state index in [0.29, 0.717) is 0 Å². The van der Waals surface area contributed by atoms with Crippen LogP contribution in [0, 0.1) is 0 Å². The van der Waals surface area contributed by atoms with E-state index in [1.165, 1.54) is 4.90 Å². The van der Waals surface area contributed by atoms with Crippen LogP contribution in [0.3, 0.4) is 0 Å². The number of rotatable bonds is 4. The molecular weight excluding hydrogens is 258 g/mol. The number of amides is 3. The van der Waals surface area contributed by atoms with Crippen molar-refractivity contribution in [1.29, 1.82) is 0 Å². The van der Waals surface area contributed by atoms with Crippen LogP contribution >= 0.6 is 0 Å². The Morgan fingerprint density at radius 3 is 2.58 bits per heavy atom. The first-order valence-corrected chi connectivity index (χ1v) is 5.67. The molecule has 0 aromatic carbocycles. The zero-order valence-corrected chi connectivity index (χ0v) is 10.1. The summed E-state index contributed by atoms with van der Waals surface area (Å²) >= 11 is 0. The predicted octanol–water partition coefficient (Wildman–Crippen LogP) is -1.55. The Labute approximate surface area is 108 Å². The largest absolute Gasteiger partial charge is 0.481 e. The molecule has 1 rings (SSSR count). The fourth-order valence-corrected chi connectivity index (χ4v) is 1.59. The lowest BCUT2D eigenvalue weighted by atomic mass is 10.2. The highest BCUT2D eigenvalue weighted by molar-refractivity contribution is 5.86. The van der Waals surface area contributed by atoms with Gasteiger partial charge >= 0.3 is 18.0 Å². The van der Waals surface area contributed by atoms with Gasteiger partial charge in [-0.3, -0.25) is 9.59 Å². The Morgan fingerprint density at radius 1 is 1.32 bits per heavy atom. The summed E-state index contributed by atoms with van der Waals surface area (Å²) in [5.41, 5.74) is 0. The van der Waals surface area contributed by atoms with Gasteiger partial charge in [0.15, 0.2) is 0 Å². The molecule has 1 atom stereocenters. The highest BCUT2D eigenvalue weighted by atomic mass is 16.4. The minimum absolute atomic E-state index is 0.129. The lowest BCUT2D eigenvalue weighted by Crippen LogP contribution is -2.49. The van der Waals surface area contributed by atoms with Crippen molar-refractivity contribution >= 4 is 23.9 Å². The zero-order valence-electron chi connectivity index (χ0n) is 10.1. The smallest absolute Gasteiger partial charge is 0.326 e. The number of urea groups is 1. The van der Waals surface area contributed by atoms with Gasteiger partial charge in [0, 0.05) is 26.1 Å². The Hall–Kier alpha value is -2.32. The van der Waals surface area contributed by atoms with Crippen LogP contribution in [0.2, 0.25) is 0 Å². The van der Waals surface area contributed by atoms with Gasteiger partial charge in [0.25, 0.3) is 0 Å². The third kappa shape index (κ3) is 4.82. The molecule has 0 aromatic rings. The molecule has 0 radical (unpaired) electrons. The summed E-state index contributed by atoms with van der Waals surface area (Å²) in [5, 5.41) is 22.1. The number of nitrogens with one attached hydrogen (secondary N) is 2. The molecule has 4 N–H and O–H groups in total. The van der Waals surface area contributed by atoms with Crippen LogP contribution in [-0.4, -0.2) is 64.7 Å². The lowest BCUT2D eigenvalue weighted by molar-refractivity contribution is -0.145. The number of hydrogen-bond donors (Lipinski definition) is 4. The summed E-state index contributed by atoms with van der Waals surface area (Å²) in [6, 6.07) is -2.18. The van der Waals surface area contributed by atoms with Crippen LogP contribution in [-0.2, 0) is 14.4 Å². The van der Waals surface area contributed by atoms with Crippen molar-refractivity contribution in [2.75, 3.05) is 19.6 Å². The van der Waals surface area contributed by atoms with Gasteiger partial charge < -0.3 is 25.7 Å². The molecular formula is C10H15N3O6. The first-order valence-electron chi connectivity index (χ1n) is 5.67. The maximum atomic E-state index is 11.8. The number of carboxylic acid groups (broad SMARTS) is 2. The number of carbonyl (C=O) groups is 4. The summed E-state index contributed by atoms with van der Waals surface area (Å²) in [6.07, 6.45) is -0.573. The summed E-state index contributed by atoms with van der Waals surface area (Å²) in [7, 11) is 0. The van der Waals surface area contributed by atoms with E-state index in [4.69, 9.17) is 10.2 Å². The maximum absolute atomic E-state index is 11.8. The van der Waals surface area contributed by atoms with E-state index in [2.05, 4.69) is 10.6 Å². The molecule has 19 heavy (non-hydrogen) atoms. The van der Waals surface area contributed by atoms with Gasteiger partial charge in [0.1, 0.15) is 6.04 Å². The molecule has 9 heteroatoms. The van der Waals surface area contributed by atoms with Gasteiger partial charge in [-0.15, -0.1) is 0 Å². The van der Waals surface area contributed by atoms with Crippen molar-refractivity contribution in [3.63, 3.8) is 0 Å². The predicted molar refractivity (Wildman–Crippen MR) is 61.4 cm³/mol. The van der Waals surface area contributed by atoms with Crippen LogP contribution in [0.25, 0.3) is 0 Å². The Morgan fingerprint density at radius 2 is 2.00 bits per heavy atom. The summed E-state index contributed by atoms with van der Waals surface area (Å²) in [4.78, 5) is 45.4. The number of aliphatic carboxylic acids is 2. The average Bonchev–Trinajstić information content (AvgIpc) is 2.52. The third-order valence-corrected chi connectivity index (χ3v) is 2.57. The highest BCUT2D eigenvalue weighted by Crippen LogP contribution is 2.00. The molecule has 0 aliphatic carbocycles. The summed E-state index contributed by atoms with van der Waals surface area (Å²) in [5.74, 6) is -2.92. The molecule has 9 nitrogen and oxygen atoms in total. The molecule has 0 bridgehead atoms. The van der Waals surface area contributed by atoms with E-state index in [1.54, 1.807) is 0 Å². The number of carbonyl (C=O) groups excluding carboxylic acids is 2. The molecule has 0 spiro atoms. The molecule has 1 aliphatic rings. The Bertz CT molecular complexity index is 397. The monoisotopic (exact) mass is 273 g/mol. The van der Waals surface area contributed by atoms with E-state index in [0.717, 1.165) is 0 Å². The van der Waals surface area contributed by atoms with Crippen molar-refractivity contribution in [3.8, 4) is 0 Å². The SMILES string of the molecule is O=C(O)C[C@H](NC(=O)N1CCNC(=O)CC1)C(=O)O. The molecule has 0 unspecified atom stereocenters. The first-order chi connectivity index (χ1) is 8.90. The van der Waals surface area contributed by atoms with E-state index in [1.807, 2.05) is 0 Å². The molecule has 106 valence electrons. The molecule has 3 amide bonds. The van der Waals surface area contributed by atoms with Crippen molar-refractivity contribution in [2.24, 2.45) is 0 Å². The van der Waals surface area contributed by atoms with Crippen LogP contribution in [0.4, 0.5) is 4.79 Å². The van der Waals surface area contributed by atoms with Crippen molar-refractivity contribution in [1.82, 2.24) is 15.5 Å². The molecule has 1 saturated heterocycles. The van der Waals surface area contributed by atoms with Gasteiger partial charge in [0.2, 0.25) is 5.91 Å². The van der Waals surface area contributed by atoms with Crippen molar-refractivity contribution in [3.05, 3.63) is 0 Å². The lowest BCUT2D eigenvalue weighted by Gasteiger charge is -2.22. The average molecular weight is 273 g/mol. The highest BCUT2D eigenvalue weighted by Gasteiger charge is 2.26. The van der Waals surface area contributed by atoms with Crippen LogP contribution < -0.4 is 10.6 Å². The van der Waals surface area contributed by atoms with E-state index in [-0.39, 0.29) is 32.0 Å². The van der Waals surface area contributed by atoms with Crippen LogP contribution in [0.15, 0.2) is 0 Å². The number of nitrogens with zero attached hydrogens (tertiary/aromatic N) is 1. The normalized spacial score (nSPS) is 17.1. The minimum atomic E-state index is -1.49. The van der Waals surface area contributed by atoms with Crippen molar-refractivity contribution < 1.29 is 29.4 Å². The van der Waals surface area contributed by atoms with Crippen molar-refractivity contribution in [2.45, 2.75) is 18.9 Å². The number of hydrogen-bond acceptors (Lipinski definition) is 4. The zero-order chi connectivity index (χ0) is 14.4. The molecule has 0 aromatic heterocycles. The quantitative estimate of drug-likeness (QED) is 0.489. The third-order valence-electron chi connectivity index (χ3n) is 2.57. The minimum Gasteiger partial charge on any atom is -0.481 e. The van der Waals surface area contributed by atoms with Gasteiger partial charge in [0.05, 0.1) is 6.42 Å². The van der Waals surface area contributed by atoms with Gasteiger partial charge in [-0.25, -0.2) is 9.59 Å². The second-order valence-corrected chi connectivity index (χ2v) is 4.03. The van der Waals surface area contributed by atoms with Crippen LogP contribution in [0.1, 0.15) is 12.8 Å².